The quantitative estimate of drug-likeness (QED) is 0.792. The van der Waals surface area contributed by atoms with Crippen LogP contribution in [0.2, 0.25) is 0 Å². The van der Waals surface area contributed by atoms with Crippen LogP contribution in [0.3, 0.4) is 0 Å². The Morgan fingerprint density at radius 1 is 1.53 bits per heavy atom. The Morgan fingerprint density at radius 2 is 2.20 bits per heavy atom. The average molecular weight is 225 g/mol. The van der Waals surface area contributed by atoms with Gasteiger partial charge in [0.05, 0.1) is 11.3 Å². The largest absolute Gasteiger partial charge is 0.259 e. The number of benzene rings is 1. The van der Waals surface area contributed by atoms with Gasteiger partial charge >= 0.3 is 0 Å². The molecule has 0 aliphatic rings. The van der Waals surface area contributed by atoms with Gasteiger partial charge in [-0.3, -0.25) is 4.21 Å². The first-order valence-electron chi connectivity index (χ1n) is 4.61. The molecule has 1 aromatic carbocycles. The van der Waals surface area contributed by atoms with Crippen LogP contribution in [0, 0.1) is 17.1 Å². The molecule has 0 radical (unpaired) electrons. The molecular weight excluding hydrogens is 213 g/mol. The highest BCUT2D eigenvalue weighted by atomic mass is 32.2. The third-order valence-electron chi connectivity index (χ3n) is 2.02. The van der Waals surface area contributed by atoms with E-state index >= 15 is 0 Å². The number of rotatable bonds is 3. The summed E-state index contributed by atoms with van der Waals surface area (Å²) in [5.41, 5.74) is 0.356. The molecule has 0 aliphatic carbocycles. The standard InChI is InChI=1S/C11H12FNOS/c1-8(2)15(14)7-10-5-3-4-9(6-13)11(10)12/h3-5,8H,7H2,1-2H3. The summed E-state index contributed by atoms with van der Waals surface area (Å²) in [6, 6.07) is 6.35. The fourth-order valence-corrected chi connectivity index (χ4v) is 1.96. The molecule has 0 N–H and O–H groups in total. The smallest absolute Gasteiger partial charge is 0.145 e. The summed E-state index contributed by atoms with van der Waals surface area (Å²) in [4.78, 5) is 0. The normalized spacial score (nSPS) is 12.5. The Kier molecular flexibility index (Phi) is 3.98. The zero-order chi connectivity index (χ0) is 11.4. The second kappa shape index (κ2) is 5.04. The first-order chi connectivity index (χ1) is 7.06. The van der Waals surface area contributed by atoms with Crippen molar-refractivity contribution in [3.63, 3.8) is 0 Å². The number of hydrogen-bond donors (Lipinski definition) is 0. The molecule has 0 amide bonds. The number of nitriles is 1. The zero-order valence-corrected chi connectivity index (χ0v) is 9.47. The van der Waals surface area contributed by atoms with E-state index < -0.39 is 16.6 Å². The molecule has 0 spiro atoms. The Balaban J connectivity index is 2.97. The van der Waals surface area contributed by atoms with Gasteiger partial charge in [0.25, 0.3) is 0 Å². The van der Waals surface area contributed by atoms with Gasteiger partial charge in [-0.25, -0.2) is 4.39 Å². The SMILES string of the molecule is CC(C)S(=O)Cc1cccc(C#N)c1F. The molecular formula is C11H12FNOS. The number of halogens is 1. The maximum absolute atomic E-state index is 13.5. The first kappa shape index (κ1) is 11.9. The Bertz CT molecular complexity index is 423. The molecule has 0 fully saturated rings. The van der Waals surface area contributed by atoms with Gasteiger partial charge in [-0.1, -0.05) is 26.0 Å². The van der Waals surface area contributed by atoms with Gasteiger partial charge in [-0.05, 0) is 6.07 Å². The lowest BCUT2D eigenvalue weighted by Gasteiger charge is -2.06. The topological polar surface area (TPSA) is 40.9 Å². The maximum atomic E-state index is 13.5. The average Bonchev–Trinajstić information content (AvgIpc) is 2.21. The van der Waals surface area contributed by atoms with Crippen LogP contribution < -0.4 is 0 Å². The van der Waals surface area contributed by atoms with Gasteiger partial charge in [0.15, 0.2) is 0 Å². The van der Waals surface area contributed by atoms with E-state index in [-0.39, 0.29) is 16.6 Å². The first-order valence-corrected chi connectivity index (χ1v) is 5.99. The van der Waals surface area contributed by atoms with Crippen molar-refractivity contribution in [2.45, 2.75) is 24.9 Å². The van der Waals surface area contributed by atoms with Crippen LogP contribution in [0.5, 0.6) is 0 Å². The van der Waals surface area contributed by atoms with E-state index in [0.29, 0.717) is 5.56 Å². The number of hydrogen-bond acceptors (Lipinski definition) is 2. The van der Waals surface area contributed by atoms with Crippen molar-refractivity contribution in [2.24, 2.45) is 0 Å². The molecule has 0 saturated heterocycles. The van der Waals surface area contributed by atoms with E-state index in [2.05, 4.69) is 0 Å². The Labute approximate surface area is 91.2 Å². The molecule has 0 aromatic heterocycles. The van der Waals surface area contributed by atoms with E-state index in [9.17, 15) is 8.60 Å². The molecule has 1 atom stereocenters. The molecule has 2 nitrogen and oxygen atoms in total. The lowest BCUT2D eigenvalue weighted by atomic mass is 10.1. The van der Waals surface area contributed by atoms with Crippen molar-refractivity contribution in [3.05, 3.63) is 35.1 Å². The van der Waals surface area contributed by atoms with Crippen LogP contribution in [0.25, 0.3) is 0 Å². The molecule has 15 heavy (non-hydrogen) atoms. The van der Waals surface area contributed by atoms with E-state index in [1.807, 2.05) is 13.8 Å². The van der Waals surface area contributed by atoms with Crippen LogP contribution in [0.4, 0.5) is 4.39 Å². The molecule has 1 aromatic rings. The minimum Gasteiger partial charge on any atom is -0.259 e. The molecule has 80 valence electrons. The lowest BCUT2D eigenvalue weighted by molar-refractivity contribution is 0.611. The highest BCUT2D eigenvalue weighted by Crippen LogP contribution is 2.15. The predicted molar refractivity (Wildman–Crippen MR) is 58.1 cm³/mol. The fraction of sp³-hybridized carbons (Fsp3) is 0.364. The van der Waals surface area contributed by atoms with Crippen molar-refractivity contribution in [1.29, 1.82) is 5.26 Å². The van der Waals surface area contributed by atoms with E-state index in [4.69, 9.17) is 5.26 Å². The summed E-state index contributed by atoms with van der Waals surface area (Å²) in [6.07, 6.45) is 0. The van der Waals surface area contributed by atoms with Crippen LogP contribution in [0.1, 0.15) is 25.0 Å². The fourth-order valence-electron chi connectivity index (χ4n) is 1.10. The van der Waals surface area contributed by atoms with E-state index in [1.165, 1.54) is 6.07 Å². The molecule has 1 unspecified atom stereocenters. The van der Waals surface area contributed by atoms with Crippen molar-refractivity contribution >= 4 is 10.8 Å². The second-order valence-electron chi connectivity index (χ2n) is 3.46. The Hall–Kier alpha value is -1.21. The van der Waals surface area contributed by atoms with Crippen molar-refractivity contribution in [1.82, 2.24) is 0 Å². The van der Waals surface area contributed by atoms with Crippen molar-refractivity contribution in [3.8, 4) is 6.07 Å². The summed E-state index contributed by atoms with van der Waals surface area (Å²) < 4.78 is 25.1. The summed E-state index contributed by atoms with van der Waals surface area (Å²) in [5, 5.41) is 8.62. The third kappa shape index (κ3) is 2.87. The summed E-state index contributed by atoms with van der Waals surface area (Å²) in [7, 11) is -1.09. The predicted octanol–water partition coefficient (Wildman–Crippen LogP) is 2.35. The van der Waals surface area contributed by atoms with Gasteiger partial charge in [0.2, 0.25) is 0 Å². The third-order valence-corrected chi connectivity index (χ3v) is 3.67. The van der Waals surface area contributed by atoms with Crippen molar-refractivity contribution < 1.29 is 8.60 Å². The summed E-state index contributed by atoms with van der Waals surface area (Å²) in [5.74, 6) is -0.382. The molecule has 0 bridgehead atoms. The van der Waals surface area contributed by atoms with Crippen LogP contribution >= 0.6 is 0 Å². The van der Waals surface area contributed by atoms with Gasteiger partial charge in [-0.2, -0.15) is 5.26 Å². The van der Waals surface area contributed by atoms with Crippen LogP contribution in [-0.2, 0) is 16.6 Å². The maximum Gasteiger partial charge on any atom is 0.145 e. The Morgan fingerprint density at radius 3 is 2.73 bits per heavy atom. The summed E-state index contributed by atoms with van der Waals surface area (Å²) in [6.45, 7) is 3.64. The van der Waals surface area contributed by atoms with Gasteiger partial charge in [0, 0.05) is 21.6 Å². The monoisotopic (exact) mass is 225 g/mol. The van der Waals surface area contributed by atoms with Crippen molar-refractivity contribution in [2.75, 3.05) is 0 Å². The molecule has 0 saturated carbocycles. The van der Waals surface area contributed by atoms with Crippen LogP contribution in [0.15, 0.2) is 18.2 Å². The van der Waals surface area contributed by atoms with Gasteiger partial charge in [-0.15, -0.1) is 0 Å². The summed E-state index contributed by atoms with van der Waals surface area (Å²) >= 11 is 0. The highest BCUT2D eigenvalue weighted by Gasteiger charge is 2.12. The minimum atomic E-state index is -1.09. The second-order valence-corrected chi connectivity index (χ2v) is 5.46. The van der Waals surface area contributed by atoms with Gasteiger partial charge in [0.1, 0.15) is 11.9 Å². The molecule has 4 heteroatoms. The molecule has 0 aliphatic heterocycles. The van der Waals surface area contributed by atoms with Crippen LogP contribution in [-0.4, -0.2) is 9.46 Å². The zero-order valence-electron chi connectivity index (χ0n) is 8.66. The highest BCUT2D eigenvalue weighted by molar-refractivity contribution is 7.84. The lowest BCUT2D eigenvalue weighted by Crippen LogP contribution is -2.09. The minimum absolute atomic E-state index is 0.00450. The number of nitrogens with zero attached hydrogens (tertiary/aromatic N) is 1. The molecule has 0 heterocycles. The molecule has 1 rings (SSSR count). The van der Waals surface area contributed by atoms with Gasteiger partial charge < -0.3 is 0 Å². The van der Waals surface area contributed by atoms with E-state index in [1.54, 1.807) is 18.2 Å². The van der Waals surface area contributed by atoms with E-state index in [0.717, 1.165) is 0 Å².